The zero-order valence-electron chi connectivity index (χ0n) is 15.7. The maximum Gasteiger partial charge on any atom is 0.286 e. The fraction of sp³-hybridized carbons (Fsp3) is 0.474. The molecule has 0 atom stereocenters. The van der Waals surface area contributed by atoms with Crippen molar-refractivity contribution in [1.29, 1.82) is 0 Å². The molecule has 2 N–H and O–H groups in total. The lowest BCUT2D eigenvalue weighted by Gasteiger charge is -2.32. The smallest absolute Gasteiger partial charge is 0.286 e. The van der Waals surface area contributed by atoms with Gasteiger partial charge in [0.05, 0.1) is 51.4 Å². The number of rotatable bonds is 6. The van der Waals surface area contributed by atoms with Crippen LogP contribution in [0.25, 0.3) is 6.08 Å². The summed E-state index contributed by atoms with van der Waals surface area (Å²) in [7, 11) is 1.60. The van der Waals surface area contributed by atoms with E-state index in [0.29, 0.717) is 23.0 Å². The highest BCUT2D eigenvalue weighted by Crippen LogP contribution is 2.33. The van der Waals surface area contributed by atoms with Gasteiger partial charge in [-0.2, -0.15) is 4.99 Å². The van der Waals surface area contributed by atoms with Crippen molar-refractivity contribution >= 4 is 28.9 Å². The molecule has 2 heterocycles. The number of amides is 1. The van der Waals surface area contributed by atoms with Gasteiger partial charge in [0.1, 0.15) is 6.54 Å². The van der Waals surface area contributed by atoms with Crippen LogP contribution in [0.4, 0.5) is 0 Å². The Balaban J connectivity index is 1.67. The fourth-order valence-corrected chi connectivity index (χ4v) is 4.12. The molecule has 3 rings (SSSR count). The van der Waals surface area contributed by atoms with Crippen LogP contribution < -0.4 is 14.4 Å². The van der Waals surface area contributed by atoms with Crippen molar-refractivity contribution in [3.63, 3.8) is 0 Å². The van der Waals surface area contributed by atoms with Crippen molar-refractivity contribution in [2.24, 2.45) is 4.99 Å². The molecule has 0 aromatic heterocycles. The van der Waals surface area contributed by atoms with E-state index in [1.54, 1.807) is 7.11 Å². The molecule has 0 unspecified atom stereocenters. The van der Waals surface area contributed by atoms with E-state index in [1.165, 1.54) is 16.7 Å². The number of aliphatic hydroxyl groups excluding tert-OH is 1. The summed E-state index contributed by atoms with van der Waals surface area (Å²) in [5, 5.41) is 9.83. The van der Waals surface area contributed by atoms with E-state index in [-0.39, 0.29) is 12.5 Å². The molecule has 1 aromatic rings. The van der Waals surface area contributed by atoms with E-state index >= 15 is 0 Å². The quantitative estimate of drug-likeness (QED) is 0.677. The molecule has 0 radical (unpaired) electrons. The first-order valence-corrected chi connectivity index (χ1v) is 9.99. The summed E-state index contributed by atoms with van der Waals surface area (Å²) >= 11 is 1.42. The predicted molar refractivity (Wildman–Crippen MR) is 106 cm³/mol. The molecule has 1 saturated heterocycles. The lowest BCUT2D eigenvalue weighted by atomic mass is 10.2. The molecular formula is C19H26N3O4S+. The monoisotopic (exact) mass is 392 g/mol. The second-order valence-electron chi connectivity index (χ2n) is 6.36. The third kappa shape index (κ3) is 4.82. The van der Waals surface area contributed by atoms with Crippen molar-refractivity contribution in [2.45, 2.75) is 6.92 Å². The lowest BCUT2D eigenvalue weighted by molar-refractivity contribution is -0.904. The molecule has 1 amide bonds. The maximum atomic E-state index is 12.3. The van der Waals surface area contributed by atoms with Crippen LogP contribution in [-0.4, -0.2) is 74.1 Å². The zero-order valence-corrected chi connectivity index (χ0v) is 16.6. The third-order valence-electron chi connectivity index (χ3n) is 4.60. The van der Waals surface area contributed by atoms with Crippen molar-refractivity contribution < 1.29 is 24.3 Å². The average Bonchev–Trinajstić information content (AvgIpc) is 3.04. The summed E-state index contributed by atoms with van der Waals surface area (Å²) in [5.41, 5.74) is 0.875. The van der Waals surface area contributed by atoms with Gasteiger partial charge in [0.25, 0.3) is 5.91 Å². The van der Waals surface area contributed by atoms with Gasteiger partial charge in [-0.3, -0.25) is 4.79 Å². The second kappa shape index (κ2) is 9.25. The SMILES string of the molecule is CCOc1ccc(/C=C2/SC(N3CC[NH+](CCO)CC3)=NC2=O)cc1OC. The Bertz CT molecular complexity index is 742. The molecule has 2 aliphatic rings. The van der Waals surface area contributed by atoms with Crippen LogP contribution in [0.3, 0.4) is 0 Å². The predicted octanol–water partition coefficient (Wildman–Crippen LogP) is 0.257. The van der Waals surface area contributed by atoms with E-state index in [9.17, 15) is 4.79 Å². The van der Waals surface area contributed by atoms with Crippen LogP contribution in [0, 0.1) is 0 Å². The van der Waals surface area contributed by atoms with Crippen molar-refractivity contribution in [3.8, 4) is 11.5 Å². The largest absolute Gasteiger partial charge is 0.493 e. The summed E-state index contributed by atoms with van der Waals surface area (Å²) in [4.78, 5) is 20.7. The number of aliphatic imine (C=N–C) groups is 1. The summed E-state index contributed by atoms with van der Waals surface area (Å²) in [6.45, 7) is 7.06. The van der Waals surface area contributed by atoms with Gasteiger partial charge in [-0.1, -0.05) is 6.07 Å². The summed E-state index contributed by atoms with van der Waals surface area (Å²) < 4.78 is 10.9. The van der Waals surface area contributed by atoms with E-state index in [2.05, 4.69) is 9.89 Å². The molecule has 27 heavy (non-hydrogen) atoms. The number of methoxy groups -OCH3 is 1. The number of piperazine rings is 1. The van der Waals surface area contributed by atoms with Gasteiger partial charge in [0.2, 0.25) is 0 Å². The Labute approximate surface area is 163 Å². The highest BCUT2D eigenvalue weighted by Gasteiger charge is 2.29. The Morgan fingerprint density at radius 3 is 2.78 bits per heavy atom. The minimum absolute atomic E-state index is 0.201. The van der Waals surface area contributed by atoms with Gasteiger partial charge in [-0.15, -0.1) is 0 Å². The summed E-state index contributed by atoms with van der Waals surface area (Å²) in [5.74, 6) is 1.13. The normalized spacial score (nSPS) is 19.5. The van der Waals surface area contributed by atoms with Gasteiger partial charge < -0.3 is 24.4 Å². The summed E-state index contributed by atoms with van der Waals surface area (Å²) in [6, 6.07) is 5.62. The van der Waals surface area contributed by atoms with Crippen LogP contribution in [0.2, 0.25) is 0 Å². The number of benzene rings is 1. The van der Waals surface area contributed by atoms with Gasteiger partial charge in [0, 0.05) is 0 Å². The van der Waals surface area contributed by atoms with Gasteiger partial charge in [-0.25, -0.2) is 0 Å². The number of hydrogen-bond acceptors (Lipinski definition) is 6. The molecule has 0 spiro atoms. The highest BCUT2D eigenvalue weighted by molar-refractivity contribution is 8.18. The Hall–Kier alpha value is -2.03. The molecule has 0 bridgehead atoms. The first-order valence-electron chi connectivity index (χ1n) is 9.17. The number of amidine groups is 1. The number of carbonyl (C=O) groups excluding carboxylic acids is 1. The van der Waals surface area contributed by atoms with Crippen LogP contribution in [0.5, 0.6) is 11.5 Å². The number of nitrogens with one attached hydrogen (secondary N) is 1. The molecule has 146 valence electrons. The van der Waals surface area contributed by atoms with E-state index < -0.39 is 0 Å². The zero-order chi connectivity index (χ0) is 19.2. The third-order valence-corrected chi connectivity index (χ3v) is 5.65. The standard InChI is InChI=1S/C19H25N3O4S/c1-3-26-15-5-4-14(12-16(15)25-2)13-17-18(24)20-19(27-17)22-8-6-21(7-9-22)10-11-23/h4-5,12-13,23H,3,6-11H2,1-2H3/p+1/b17-13+. The maximum absolute atomic E-state index is 12.3. The molecule has 1 aromatic carbocycles. The molecule has 7 nitrogen and oxygen atoms in total. The van der Waals surface area contributed by atoms with Gasteiger partial charge >= 0.3 is 0 Å². The van der Waals surface area contributed by atoms with Crippen LogP contribution in [-0.2, 0) is 4.79 Å². The fourth-order valence-electron chi connectivity index (χ4n) is 3.16. The molecular weight excluding hydrogens is 366 g/mol. The minimum atomic E-state index is -0.201. The Morgan fingerprint density at radius 2 is 2.11 bits per heavy atom. The first-order chi connectivity index (χ1) is 13.1. The summed E-state index contributed by atoms with van der Waals surface area (Å²) in [6.07, 6.45) is 1.84. The number of ether oxygens (including phenoxy) is 2. The topological polar surface area (TPSA) is 75.8 Å². The van der Waals surface area contributed by atoms with E-state index in [1.807, 2.05) is 31.2 Å². The molecule has 0 saturated carbocycles. The number of quaternary nitrogens is 1. The molecule has 8 heteroatoms. The van der Waals surface area contributed by atoms with Gasteiger partial charge in [0.15, 0.2) is 16.7 Å². The van der Waals surface area contributed by atoms with Crippen LogP contribution in [0.1, 0.15) is 12.5 Å². The van der Waals surface area contributed by atoms with Crippen molar-refractivity contribution in [3.05, 3.63) is 28.7 Å². The van der Waals surface area contributed by atoms with Crippen LogP contribution in [0.15, 0.2) is 28.1 Å². The molecule has 2 aliphatic heterocycles. The number of aliphatic hydroxyl groups is 1. The van der Waals surface area contributed by atoms with Crippen molar-refractivity contribution in [2.75, 3.05) is 53.0 Å². The highest BCUT2D eigenvalue weighted by atomic mass is 32.2. The van der Waals surface area contributed by atoms with E-state index in [0.717, 1.165) is 43.5 Å². The number of hydrogen-bond donors (Lipinski definition) is 2. The molecule has 0 aliphatic carbocycles. The molecule has 1 fully saturated rings. The average molecular weight is 393 g/mol. The number of thioether (sulfide) groups is 1. The van der Waals surface area contributed by atoms with E-state index in [4.69, 9.17) is 14.6 Å². The number of carbonyl (C=O) groups is 1. The Kier molecular flexibility index (Phi) is 6.76. The minimum Gasteiger partial charge on any atom is -0.493 e. The van der Waals surface area contributed by atoms with Crippen LogP contribution >= 0.6 is 11.8 Å². The lowest BCUT2D eigenvalue weighted by Crippen LogP contribution is -3.15. The first kappa shape index (κ1) is 19.7. The number of nitrogens with zero attached hydrogens (tertiary/aromatic N) is 2. The van der Waals surface area contributed by atoms with Gasteiger partial charge in [-0.05, 0) is 42.5 Å². The van der Waals surface area contributed by atoms with Crippen molar-refractivity contribution in [1.82, 2.24) is 4.90 Å². The Morgan fingerprint density at radius 1 is 1.33 bits per heavy atom. The second-order valence-corrected chi connectivity index (χ2v) is 7.37.